The van der Waals surface area contributed by atoms with Crippen LogP contribution in [-0.4, -0.2) is 92.5 Å². The van der Waals surface area contributed by atoms with E-state index in [1.165, 1.54) is 0 Å². The number of anilines is 3. The molecule has 3 N–H and O–H groups in total. The van der Waals surface area contributed by atoms with Crippen LogP contribution in [0.4, 0.5) is 22.7 Å². The summed E-state index contributed by atoms with van der Waals surface area (Å²) in [5.74, 6) is 2.35. The third kappa shape index (κ3) is 13.0. The second kappa shape index (κ2) is 21.4. The Kier molecular flexibility index (Phi) is 16.4. The van der Waals surface area contributed by atoms with E-state index in [-0.39, 0.29) is 6.61 Å². The van der Waals surface area contributed by atoms with Crippen molar-refractivity contribution in [2.24, 2.45) is 4.99 Å². The van der Waals surface area contributed by atoms with Crippen molar-refractivity contribution < 1.29 is 37.9 Å². The first kappa shape index (κ1) is 38.2. The van der Waals surface area contributed by atoms with Crippen molar-refractivity contribution in [1.29, 1.82) is 0 Å². The van der Waals surface area contributed by atoms with Crippen LogP contribution in [0.15, 0.2) is 71.7 Å². The molecule has 0 unspecified atom stereocenters. The van der Waals surface area contributed by atoms with Crippen LogP contribution in [0.25, 0.3) is 0 Å². The SMILES string of the molecule is CCCOCCO/C1=C\Nc2ccc(C)cc2OCCN(c2ccc(N)cc2OCCOC)CCOc2cc(C)ccc2N=CCOCCO1. The number of rotatable bonds is 11. The summed E-state index contributed by atoms with van der Waals surface area (Å²) in [6, 6.07) is 17.6. The molecule has 0 atom stereocenters. The first-order chi connectivity index (χ1) is 24.5. The number of nitrogens with two attached hydrogens (primary N) is 1. The van der Waals surface area contributed by atoms with Crippen LogP contribution in [0, 0.1) is 13.8 Å². The molecule has 1 aliphatic heterocycles. The van der Waals surface area contributed by atoms with Crippen LogP contribution in [0.1, 0.15) is 24.5 Å². The monoisotopic (exact) mass is 692 g/mol. The van der Waals surface area contributed by atoms with Crippen molar-refractivity contribution >= 4 is 29.0 Å². The van der Waals surface area contributed by atoms with Gasteiger partial charge < -0.3 is 53.8 Å². The fourth-order valence-electron chi connectivity index (χ4n) is 4.92. The van der Waals surface area contributed by atoms with Crippen LogP contribution < -0.4 is 30.2 Å². The molecule has 0 fully saturated rings. The van der Waals surface area contributed by atoms with Crippen molar-refractivity contribution in [3.8, 4) is 17.2 Å². The highest BCUT2D eigenvalue weighted by atomic mass is 16.7. The van der Waals surface area contributed by atoms with Gasteiger partial charge >= 0.3 is 0 Å². The molecule has 0 bridgehead atoms. The zero-order valence-corrected chi connectivity index (χ0v) is 29.8. The highest BCUT2D eigenvalue weighted by Crippen LogP contribution is 2.32. The predicted molar refractivity (Wildman–Crippen MR) is 197 cm³/mol. The lowest BCUT2D eigenvalue weighted by Gasteiger charge is -2.27. The highest BCUT2D eigenvalue weighted by Gasteiger charge is 2.16. The van der Waals surface area contributed by atoms with Gasteiger partial charge in [0, 0.05) is 31.7 Å². The average molecular weight is 693 g/mol. The van der Waals surface area contributed by atoms with Crippen LogP contribution in [0.2, 0.25) is 0 Å². The number of methoxy groups -OCH3 is 1. The number of fused-ring (bicyclic) bond motifs is 2. The molecule has 4 rings (SSSR count). The Balaban J connectivity index is 1.60. The Labute approximate surface area is 296 Å². The van der Waals surface area contributed by atoms with E-state index >= 15 is 0 Å². The topological polar surface area (TPSA) is 127 Å². The van der Waals surface area contributed by atoms with Gasteiger partial charge in [0.15, 0.2) is 0 Å². The van der Waals surface area contributed by atoms with E-state index < -0.39 is 0 Å². The lowest BCUT2D eigenvalue weighted by molar-refractivity contribution is -0.0105. The summed E-state index contributed by atoms with van der Waals surface area (Å²) in [5.41, 5.74) is 11.3. The van der Waals surface area contributed by atoms with Gasteiger partial charge in [-0.05, 0) is 67.8 Å². The summed E-state index contributed by atoms with van der Waals surface area (Å²) >= 11 is 0. The molecule has 12 nitrogen and oxygen atoms in total. The normalized spacial score (nSPS) is 15.8. The molecule has 1 heterocycles. The molecule has 0 spiro atoms. The zero-order chi connectivity index (χ0) is 35.4. The number of aliphatic imine (C=N–C) groups is 1. The number of aryl methyl sites for hydroxylation is 2. The van der Waals surface area contributed by atoms with E-state index in [0.29, 0.717) is 107 Å². The van der Waals surface area contributed by atoms with Crippen molar-refractivity contribution in [2.75, 3.05) is 102 Å². The maximum absolute atomic E-state index is 6.41. The zero-order valence-electron chi connectivity index (χ0n) is 29.8. The molecule has 0 aliphatic carbocycles. The fourth-order valence-corrected chi connectivity index (χ4v) is 4.92. The maximum atomic E-state index is 6.41. The molecular formula is C38H52N4O8. The van der Waals surface area contributed by atoms with E-state index in [4.69, 9.17) is 43.6 Å². The first-order valence-corrected chi connectivity index (χ1v) is 17.1. The van der Waals surface area contributed by atoms with Gasteiger partial charge in [0.1, 0.15) is 56.0 Å². The molecular weight excluding hydrogens is 640 g/mol. The van der Waals surface area contributed by atoms with Crippen molar-refractivity contribution in [2.45, 2.75) is 27.2 Å². The molecule has 12 heteroatoms. The average Bonchev–Trinajstić information content (AvgIpc) is 3.10. The molecule has 0 saturated carbocycles. The summed E-state index contributed by atoms with van der Waals surface area (Å²) in [5, 5.41) is 3.31. The number of nitrogens with zero attached hydrogens (tertiary/aromatic N) is 2. The Morgan fingerprint density at radius 2 is 1.56 bits per heavy atom. The number of benzene rings is 3. The van der Waals surface area contributed by atoms with Crippen LogP contribution in [-0.2, 0) is 23.7 Å². The second-order valence-electron chi connectivity index (χ2n) is 11.5. The minimum absolute atomic E-state index is 0.283. The minimum atomic E-state index is 0.283. The molecule has 0 amide bonds. The van der Waals surface area contributed by atoms with E-state index in [9.17, 15) is 0 Å². The quantitative estimate of drug-likeness (QED) is 0.174. The first-order valence-electron chi connectivity index (χ1n) is 17.1. The molecule has 0 radical (unpaired) electrons. The lowest BCUT2D eigenvalue weighted by atomic mass is 10.2. The number of hydrogen-bond acceptors (Lipinski definition) is 12. The van der Waals surface area contributed by atoms with Gasteiger partial charge in [0.25, 0.3) is 5.95 Å². The summed E-state index contributed by atoms with van der Waals surface area (Å²) in [4.78, 5) is 6.80. The Morgan fingerprint density at radius 1 is 0.800 bits per heavy atom. The highest BCUT2D eigenvalue weighted by molar-refractivity contribution is 5.68. The maximum Gasteiger partial charge on any atom is 0.296 e. The standard InChI is InChI=1S/C38H52N4O8/c1-5-15-44-20-23-49-38-28-41-33-10-7-30(3)26-36(33)47-18-14-42(34-11-8-31(39)27-37(34)48-22-19-43-4)13-17-46-35-25-29(2)6-9-32(35)40-12-16-45-21-24-50-38/h6-12,25-28,41H,5,13-24,39H2,1-4H3/b38-28+,40-12?. The smallest absolute Gasteiger partial charge is 0.296 e. The van der Waals surface area contributed by atoms with E-state index in [2.05, 4.69) is 22.1 Å². The molecule has 1 aliphatic rings. The summed E-state index contributed by atoms with van der Waals surface area (Å²) in [6.45, 7) is 11.2. The van der Waals surface area contributed by atoms with Crippen LogP contribution in [0.5, 0.6) is 17.2 Å². The third-order valence-corrected chi connectivity index (χ3v) is 7.42. The molecule has 3 aromatic rings. The van der Waals surface area contributed by atoms with Gasteiger partial charge in [-0.25, -0.2) is 0 Å². The van der Waals surface area contributed by atoms with Gasteiger partial charge in [-0.2, -0.15) is 0 Å². The molecule has 3 aromatic carbocycles. The fraction of sp³-hybridized carbons (Fsp3) is 0.447. The van der Waals surface area contributed by atoms with Crippen molar-refractivity contribution in [3.63, 3.8) is 0 Å². The number of hydrogen-bond donors (Lipinski definition) is 2. The largest absolute Gasteiger partial charge is 0.490 e. The lowest BCUT2D eigenvalue weighted by Crippen LogP contribution is -2.33. The van der Waals surface area contributed by atoms with Crippen molar-refractivity contribution in [1.82, 2.24) is 0 Å². The predicted octanol–water partition coefficient (Wildman–Crippen LogP) is 6.28. The summed E-state index contributed by atoms with van der Waals surface area (Å²) in [6.07, 6.45) is 4.35. The van der Waals surface area contributed by atoms with Gasteiger partial charge in [-0.15, -0.1) is 0 Å². The minimum Gasteiger partial charge on any atom is -0.490 e. The Bertz CT molecular complexity index is 1520. The van der Waals surface area contributed by atoms with Crippen LogP contribution >= 0.6 is 0 Å². The van der Waals surface area contributed by atoms with Gasteiger partial charge in [0.2, 0.25) is 0 Å². The summed E-state index contributed by atoms with van der Waals surface area (Å²) in [7, 11) is 1.64. The molecule has 272 valence electrons. The van der Waals surface area contributed by atoms with E-state index in [1.807, 2.05) is 68.4 Å². The van der Waals surface area contributed by atoms with Gasteiger partial charge in [-0.3, -0.25) is 4.99 Å². The number of nitrogens with one attached hydrogen (secondary N) is 1. The van der Waals surface area contributed by atoms with Crippen molar-refractivity contribution in [3.05, 3.63) is 77.9 Å². The van der Waals surface area contributed by atoms with Crippen LogP contribution in [0.3, 0.4) is 0 Å². The van der Waals surface area contributed by atoms with E-state index in [1.54, 1.807) is 19.5 Å². The number of ether oxygens (including phenoxy) is 8. The van der Waals surface area contributed by atoms with Gasteiger partial charge in [0.05, 0.1) is 57.1 Å². The molecule has 0 saturated heterocycles. The Hall–Kier alpha value is -4.65. The molecule has 50 heavy (non-hydrogen) atoms. The van der Waals surface area contributed by atoms with Gasteiger partial charge in [-0.1, -0.05) is 19.1 Å². The molecule has 0 aromatic heterocycles. The third-order valence-electron chi connectivity index (χ3n) is 7.42. The van der Waals surface area contributed by atoms with E-state index in [0.717, 1.165) is 28.9 Å². The second-order valence-corrected chi connectivity index (χ2v) is 11.5. The Morgan fingerprint density at radius 3 is 2.36 bits per heavy atom. The number of nitrogen functional groups attached to an aromatic ring is 1. The summed E-state index contributed by atoms with van der Waals surface area (Å²) < 4.78 is 47.2.